The summed E-state index contributed by atoms with van der Waals surface area (Å²) in [5.74, 6) is 1.21. The summed E-state index contributed by atoms with van der Waals surface area (Å²) in [5.41, 5.74) is 0. The van der Waals surface area contributed by atoms with E-state index < -0.39 is 0 Å². The van der Waals surface area contributed by atoms with Gasteiger partial charge in [-0.05, 0) is 44.7 Å². The number of piperidine rings is 2. The third kappa shape index (κ3) is 2.51. The second kappa shape index (κ2) is 4.97. The van der Waals surface area contributed by atoms with Crippen molar-refractivity contribution in [3.05, 3.63) is 0 Å². The molecule has 1 amide bonds. The highest BCUT2D eigenvalue weighted by Crippen LogP contribution is 2.22. The van der Waals surface area contributed by atoms with E-state index in [-0.39, 0.29) is 5.92 Å². The van der Waals surface area contributed by atoms with Crippen LogP contribution in [-0.4, -0.2) is 37.0 Å². The normalized spacial score (nSPS) is 32.7. The summed E-state index contributed by atoms with van der Waals surface area (Å²) in [6.45, 7) is 6.20. The maximum absolute atomic E-state index is 12.3. The molecule has 2 fully saturated rings. The van der Waals surface area contributed by atoms with E-state index in [4.69, 9.17) is 0 Å². The molecule has 0 spiro atoms. The number of nitrogens with zero attached hydrogens (tertiary/aromatic N) is 1. The molecule has 2 rings (SSSR count). The first-order chi connectivity index (χ1) is 7.29. The van der Waals surface area contributed by atoms with Crippen LogP contribution in [0.3, 0.4) is 0 Å². The van der Waals surface area contributed by atoms with Gasteiger partial charge in [-0.3, -0.25) is 4.79 Å². The first-order valence-corrected chi connectivity index (χ1v) is 6.28. The van der Waals surface area contributed by atoms with Crippen molar-refractivity contribution < 1.29 is 4.79 Å². The number of hydrogen-bond donors (Lipinski definition) is 1. The lowest BCUT2D eigenvalue weighted by Gasteiger charge is -2.35. The summed E-state index contributed by atoms with van der Waals surface area (Å²) in [5, 5.41) is 3.35. The molecule has 2 atom stereocenters. The molecule has 0 bridgehead atoms. The second-order valence-corrected chi connectivity index (χ2v) is 4.96. The number of carbonyl (C=O) groups excluding carboxylic acids is 1. The Bertz CT molecular complexity index is 224. The van der Waals surface area contributed by atoms with Crippen LogP contribution in [-0.2, 0) is 4.79 Å². The van der Waals surface area contributed by atoms with E-state index in [1.807, 2.05) is 0 Å². The molecule has 2 unspecified atom stereocenters. The van der Waals surface area contributed by atoms with Crippen molar-refractivity contribution in [2.24, 2.45) is 11.8 Å². The van der Waals surface area contributed by atoms with E-state index in [0.29, 0.717) is 11.8 Å². The van der Waals surface area contributed by atoms with E-state index in [9.17, 15) is 4.79 Å². The molecular formula is C12H22N2O. The Balaban J connectivity index is 1.92. The Morgan fingerprint density at radius 1 is 1.27 bits per heavy atom. The monoisotopic (exact) mass is 210 g/mol. The summed E-state index contributed by atoms with van der Waals surface area (Å²) in [6, 6.07) is 0. The summed E-state index contributed by atoms with van der Waals surface area (Å²) >= 11 is 0. The van der Waals surface area contributed by atoms with Gasteiger partial charge < -0.3 is 10.2 Å². The number of rotatable bonds is 1. The molecule has 0 aromatic rings. The molecule has 0 aromatic carbocycles. The molecule has 0 aromatic heterocycles. The quantitative estimate of drug-likeness (QED) is 0.706. The summed E-state index contributed by atoms with van der Waals surface area (Å²) in [4.78, 5) is 14.4. The van der Waals surface area contributed by atoms with E-state index in [1.54, 1.807) is 0 Å². The Morgan fingerprint density at radius 3 is 2.67 bits per heavy atom. The molecule has 86 valence electrons. The Labute approximate surface area is 92.2 Å². The average Bonchev–Trinajstić information content (AvgIpc) is 2.30. The zero-order valence-electron chi connectivity index (χ0n) is 9.67. The van der Waals surface area contributed by atoms with Gasteiger partial charge in [0.15, 0.2) is 0 Å². The lowest BCUT2D eigenvalue weighted by molar-refractivity contribution is -0.138. The van der Waals surface area contributed by atoms with Gasteiger partial charge in [0, 0.05) is 19.0 Å². The van der Waals surface area contributed by atoms with Crippen LogP contribution in [0, 0.1) is 11.8 Å². The predicted octanol–water partition coefficient (Wildman–Crippen LogP) is 1.24. The average molecular weight is 210 g/mol. The predicted molar refractivity (Wildman–Crippen MR) is 60.6 cm³/mol. The zero-order chi connectivity index (χ0) is 10.7. The van der Waals surface area contributed by atoms with Crippen LogP contribution in [0.5, 0.6) is 0 Å². The van der Waals surface area contributed by atoms with Crippen LogP contribution < -0.4 is 5.32 Å². The molecule has 3 heteroatoms. The number of amides is 1. The van der Waals surface area contributed by atoms with Crippen LogP contribution >= 0.6 is 0 Å². The third-order valence-electron chi connectivity index (χ3n) is 3.77. The van der Waals surface area contributed by atoms with Gasteiger partial charge in [0.2, 0.25) is 5.91 Å². The fraction of sp³-hybridized carbons (Fsp3) is 0.917. The molecule has 0 radical (unpaired) electrons. The van der Waals surface area contributed by atoms with E-state index >= 15 is 0 Å². The van der Waals surface area contributed by atoms with Gasteiger partial charge in [-0.15, -0.1) is 0 Å². The van der Waals surface area contributed by atoms with Crippen molar-refractivity contribution in [2.75, 3.05) is 26.2 Å². The zero-order valence-corrected chi connectivity index (χ0v) is 9.67. The van der Waals surface area contributed by atoms with Crippen LogP contribution in [0.1, 0.15) is 32.6 Å². The van der Waals surface area contributed by atoms with E-state index in [2.05, 4.69) is 17.1 Å². The number of likely N-dealkylation sites (tertiary alicyclic amines) is 1. The van der Waals surface area contributed by atoms with Crippen molar-refractivity contribution in [3.63, 3.8) is 0 Å². The highest BCUT2D eigenvalue weighted by Gasteiger charge is 2.31. The SMILES string of the molecule is CC1CNCCC1C(=O)N1CCCCC1. The fourth-order valence-corrected chi connectivity index (χ4v) is 2.73. The van der Waals surface area contributed by atoms with E-state index in [0.717, 1.165) is 32.6 Å². The molecule has 1 N–H and O–H groups in total. The van der Waals surface area contributed by atoms with Crippen molar-refractivity contribution in [2.45, 2.75) is 32.6 Å². The molecule has 2 aliphatic heterocycles. The van der Waals surface area contributed by atoms with Crippen LogP contribution in [0.15, 0.2) is 0 Å². The minimum atomic E-state index is 0.282. The molecule has 3 nitrogen and oxygen atoms in total. The standard InChI is InChI=1S/C12H22N2O/c1-10-9-13-6-5-11(10)12(15)14-7-3-2-4-8-14/h10-11,13H,2-9H2,1H3. The van der Waals surface area contributed by atoms with Gasteiger partial charge in [0.05, 0.1) is 0 Å². The third-order valence-corrected chi connectivity index (χ3v) is 3.77. The highest BCUT2D eigenvalue weighted by molar-refractivity contribution is 5.79. The van der Waals surface area contributed by atoms with Gasteiger partial charge in [-0.1, -0.05) is 6.92 Å². The van der Waals surface area contributed by atoms with Gasteiger partial charge in [0.1, 0.15) is 0 Å². The van der Waals surface area contributed by atoms with Gasteiger partial charge in [-0.2, -0.15) is 0 Å². The molecule has 2 saturated heterocycles. The largest absolute Gasteiger partial charge is 0.342 e. The van der Waals surface area contributed by atoms with Crippen LogP contribution in [0.4, 0.5) is 0 Å². The Hall–Kier alpha value is -0.570. The van der Waals surface area contributed by atoms with Crippen LogP contribution in [0.2, 0.25) is 0 Å². The molecular weight excluding hydrogens is 188 g/mol. The minimum Gasteiger partial charge on any atom is -0.342 e. The maximum Gasteiger partial charge on any atom is 0.226 e. The number of nitrogens with one attached hydrogen (secondary N) is 1. The van der Waals surface area contributed by atoms with Crippen molar-refractivity contribution >= 4 is 5.91 Å². The first kappa shape index (κ1) is 10.9. The maximum atomic E-state index is 12.3. The molecule has 0 aliphatic carbocycles. The molecule has 2 aliphatic rings. The van der Waals surface area contributed by atoms with E-state index in [1.165, 1.54) is 19.3 Å². The van der Waals surface area contributed by atoms with Gasteiger partial charge in [0.25, 0.3) is 0 Å². The van der Waals surface area contributed by atoms with Gasteiger partial charge in [-0.25, -0.2) is 0 Å². The van der Waals surface area contributed by atoms with Crippen molar-refractivity contribution in [1.82, 2.24) is 10.2 Å². The lowest BCUT2D eigenvalue weighted by atomic mass is 9.86. The van der Waals surface area contributed by atoms with Crippen LogP contribution in [0.25, 0.3) is 0 Å². The molecule has 2 heterocycles. The Kier molecular flexibility index (Phi) is 3.62. The van der Waals surface area contributed by atoms with Crippen molar-refractivity contribution in [3.8, 4) is 0 Å². The first-order valence-electron chi connectivity index (χ1n) is 6.28. The van der Waals surface area contributed by atoms with Gasteiger partial charge >= 0.3 is 0 Å². The summed E-state index contributed by atoms with van der Waals surface area (Å²) in [6.07, 6.45) is 4.72. The van der Waals surface area contributed by atoms with Crippen molar-refractivity contribution in [1.29, 1.82) is 0 Å². The lowest BCUT2D eigenvalue weighted by Crippen LogP contribution is -2.46. The summed E-state index contributed by atoms with van der Waals surface area (Å²) < 4.78 is 0. The number of carbonyl (C=O) groups is 1. The second-order valence-electron chi connectivity index (χ2n) is 4.96. The number of hydrogen-bond acceptors (Lipinski definition) is 2. The minimum absolute atomic E-state index is 0.282. The molecule has 15 heavy (non-hydrogen) atoms. The fourth-order valence-electron chi connectivity index (χ4n) is 2.73. The Morgan fingerprint density at radius 2 is 2.00 bits per heavy atom. The summed E-state index contributed by atoms with van der Waals surface area (Å²) in [7, 11) is 0. The topological polar surface area (TPSA) is 32.3 Å². The molecule has 0 saturated carbocycles. The highest BCUT2D eigenvalue weighted by atomic mass is 16.2. The smallest absolute Gasteiger partial charge is 0.226 e.